The number of anilines is 2. The van der Waals surface area contributed by atoms with Crippen LogP contribution in [0.4, 0.5) is 16.0 Å². The van der Waals surface area contributed by atoms with Crippen molar-refractivity contribution in [1.82, 2.24) is 5.16 Å². The maximum Gasteiger partial charge on any atom is 0.345 e. The lowest BCUT2D eigenvalue weighted by atomic mass is 10.1. The van der Waals surface area contributed by atoms with E-state index in [0.717, 1.165) is 0 Å². The molecular weight excluding hydrogens is 335 g/mol. The van der Waals surface area contributed by atoms with E-state index in [4.69, 9.17) is 20.9 Å². The van der Waals surface area contributed by atoms with Crippen molar-refractivity contribution in [3.05, 3.63) is 64.9 Å². The second-order valence-corrected chi connectivity index (χ2v) is 5.31. The lowest BCUT2D eigenvalue weighted by Crippen LogP contribution is -2.05. The molecule has 2 aromatic carbocycles. The first kappa shape index (κ1) is 16.0. The molecule has 0 saturated heterocycles. The van der Waals surface area contributed by atoms with E-state index >= 15 is 0 Å². The number of esters is 1. The highest BCUT2D eigenvalue weighted by molar-refractivity contribution is 6.30. The summed E-state index contributed by atoms with van der Waals surface area (Å²) in [7, 11) is 1.25. The minimum atomic E-state index is -0.634. The van der Waals surface area contributed by atoms with Crippen molar-refractivity contribution in [3.63, 3.8) is 0 Å². The molecule has 3 rings (SSSR count). The van der Waals surface area contributed by atoms with E-state index in [-0.39, 0.29) is 17.1 Å². The van der Waals surface area contributed by atoms with E-state index in [9.17, 15) is 9.18 Å². The fourth-order valence-corrected chi connectivity index (χ4v) is 2.39. The molecule has 24 heavy (non-hydrogen) atoms. The predicted octanol–water partition coefficient (Wildman–Crippen LogP) is 4.66. The van der Waals surface area contributed by atoms with Crippen LogP contribution in [0.15, 0.2) is 53.1 Å². The van der Waals surface area contributed by atoms with Gasteiger partial charge in [0.15, 0.2) is 5.56 Å². The average molecular weight is 347 g/mol. The summed E-state index contributed by atoms with van der Waals surface area (Å²) in [5.74, 6) is -0.998. The van der Waals surface area contributed by atoms with Crippen molar-refractivity contribution in [2.24, 2.45) is 0 Å². The van der Waals surface area contributed by atoms with Crippen LogP contribution in [0.2, 0.25) is 5.02 Å². The molecule has 0 amide bonds. The Hall–Kier alpha value is -2.86. The third-order valence-corrected chi connectivity index (χ3v) is 3.50. The van der Waals surface area contributed by atoms with Gasteiger partial charge in [-0.05, 0) is 30.3 Å². The van der Waals surface area contributed by atoms with E-state index in [1.807, 2.05) is 0 Å². The van der Waals surface area contributed by atoms with Gasteiger partial charge in [-0.2, -0.15) is 0 Å². The predicted molar refractivity (Wildman–Crippen MR) is 88.0 cm³/mol. The summed E-state index contributed by atoms with van der Waals surface area (Å²) in [6, 6.07) is 12.6. The number of aromatic nitrogens is 1. The quantitative estimate of drug-likeness (QED) is 0.696. The van der Waals surface area contributed by atoms with Crippen molar-refractivity contribution >= 4 is 29.1 Å². The maximum atomic E-state index is 13.3. The number of carbonyl (C=O) groups excluding carboxylic acids is 1. The van der Waals surface area contributed by atoms with E-state index in [1.165, 1.54) is 25.3 Å². The maximum absolute atomic E-state index is 13.3. The number of ether oxygens (including phenoxy) is 1. The Balaban J connectivity index is 2.06. The highest BCUT2D eigenvalue weighted by Gasteiger charge is 2.25. The van der Waals surface area contributed by atoms with E-state index < -0.39 is 11.8 Å². The van der Waals surface area contributed by atoms with Gasteiger partial charge in [-0.1, -0.05) is 35.0 Å². The van der Waals surface area contributed by atoms with Gasteiger partial charge >= 0.3 is 5.97 Å². The van der Waals surface area contributed by atoms with Gasteiger partial charge in [-0.3, -0.25) is 0 Å². The molecule has 7 heteroatoms. The molecule has 0 aliphatic heterocycles. The first-order chi connectivity index (χ1) is 11.6. The molecule has 0 aliphatic carbocycles. The van der Waals surface area contributed by atoms with Crippen LogP contribution in [0.3, 0.4) is 0 Å². The van der Waals surface area contributed by atoms with Crippen molar-refractivity contribution in [2.45, 2.75) is 0 Å². The Morgan fingerprint density at radius 1 is 1.25 bits per heavy atom. The Morgan fingerprint density at radius 3 is 2.75 bits per heavy atom. The Bertz CT molecular complexity index is 895. The number of methoxy groups -OCH3 is 1. The SMILES string of the molecule is COC(=O)c1c(-c2cccc(Cl)c2)noc1Nc1cccc(F)c1. The highest BCUT2D eigenvalue weighted by Crippen LogP contribution is 2.32. The minimum Gasteiger partial charge on any atom is -0.465 e. The zero-order chi connectivity index (χ0) is 17.1. The molecule has 1 heterocycles. The standard InChI is InChI=1S/C17H12ClFN2O3/c1-23-17(22)14-15(10-4-2-5-11(18)8-10)21-24-16(14)20-13-7-3-6-12(19)9-13/h2-9,20H,1H3. The fourth-order valence-electron chi connectivity index (χ4n) is 2.20. The monoisotopic (exact) mass is 346 g/mol. The normalized spacial score (nSPS) is 10.5. The third kappa shape index (κ3) is 3.23. The molecule has 0 saturated carbocycles. The summed E-state index contributed by atoms with van der Waals surface area (Å²) in [6.07, 6.45) is 0. The Kier molecular flexibility index (Phi) is 4.48. The lowest BCUT2D eigenvalue weighted by molar-refractivity contribution is 0.0602. The van der Waals surface area contributed by atoms with Crippen molar-refractivity contribution in [2.75, 3.05) is 12.4 Å². The molecule has 3 aromatic rings. The lowest BCUT2D eigenvalue weighted by Gasteiger charge is -2.05. The fraction of sp³-hybridized carbons (Fsp3) is 0.0588. The molecular formula is C17H12ClFN2O3. The van der Waals surface area contributed by atoms with E-state index in [0.29, 0.717) is 16.3 Å². The summed E-state index contributed by atoms with van der Waals surface area (Å²) in [5, 5.41) is 7.25. The molecule has 0 unspecified atom stereocenters. The van der Waals surface area contributed by atoms with Crippen LogP contribution in [0.5, 0.6) is 0 Å². The van der Waals surface area contributed by atoms with Crippen LogP contribution < -0.4 is 5.32 Å². The van der Waals surface area contributed by atoms with Gasteiger partial charge in [0.05, 0.1) is 7.11 Å². The van der Waals surface area contributed by atoms with Crippen LogP contribution >= 0.6 is 11.6 Å². The molecule has 122 valence electrons. The molecule has 5 nitrogen and oxygen atoms in total. The number of hydrogen-bond acceptors (Lipinski definition) is 5. The highest BCUT2D eigenvalue weighted by atomic mass is 35.5. The number of halogens is 2. The van der Waals surface area contributed by atoms with Crippen LogP contribution in [0.1, 0.15) is 10.4 Å². The van der Waals surface area contributed by atoms with E-state index in [2.05, 4.69) is 10.5 Å². The molecule has 0 spiro atoms. The minimum absolute atomic E-state index is 0.0578. The number of nitrogens with zero attached hydrogens (tertiary/aromatic N) is 1. The largest absolute Gasteiger partial charge is 0.465 e. The number of hydrogen-bond donors (Lipinski definition) is 1. The van der Waals surface area contributed by atoms with E-state index in [1.54, 1.807) is 30.3 Å². The average Bonchev–Trinajstić information content (AvgIpc) is 2.98. The molecule has 0 aliphatic rings. The summed E-state index contributed by atoms with van der Waals surface area (Å²) in [6.45, 7) is 0. The summed E-state index contributed by atoms with van der Waals surface area (Å²) < 4.78 is 23.3. The van der Waals surface area contributed by atoms with Crippen LogP contribution in [0.25, 0.3) is 11.3 Å². The zero-order valence-electron chi connectivity index (χ0n) is 12.5. The number of nitrogens with one attached hydrogen (secondary N) is 1. The van der Waals surface area contributed by atoms with Gasteiger partial charge in [0.1, 0.15) is 11.5 Å². The Labute approximate surface area is 142 Å². The zero-order valence-corrected chi connectivity index (χ0v) is 13.3. The van der Waals surface area contributed by atoms with Gasteiger partial charge < -0.3 is 14.6 Å². The van der Waals surface area contributed by atoms with Crippen LogP contribution in [0, 0.1) is 5.82 Å². The summed E-state index contributed by atoms with van der Waals surface area (Å²) >= 11 is 5.98. The van der Waals surface area contributed by atoms with Gasteiger partial charge in [0.25, 0.3) is 0 Å². The molecule has 0 fully saturated rings. The summed E-state index contributed by atoms with van der Waals surface area (Å²) in [5.41, 5.74) is 1.39. The second-order valence-electron chi connectivity index (χ2n) is 4.87. The number of carbonyl (C=O) groups is 1. The van der Waals surface area contributed by atoms with Gasteiger partial charge in [0.2, 0.25) is 5.88 Å². The molecule has 1 N–H and O–H groups in total. The summed E-state index contributed by atoms with van der Waals surface area (Å²) in [4.78, 5) is 12.2. The van der Waals surface area contributed by atoms with Gasteiger partial charge in [-0.25, -0.2) is 9.18 Å². The second kappa shape index (κ2) is 6.72. The van der Waals surface area contributed by atoms with Gasteiger partial charge in [0, 0.05) is 16.3 Å². The number of benzene rings is 2. The molecule has 0 atom stereocenters. The first-order valence-corrected chi connectivity index (χ1v) is 7.33. The topological polar surface area (TPSA) is 64.4 Å². The van der Waals surface area contributed by atoms with Crippen molar-refractivity contribution in [3.8, 4) is 11.3 Å². The van der Waals surface area contributed by atoms with Crippen molar-refractivity contribution < 1.29 is 18.4 Å². The molecule has 1 aromatic heterocycles. The van der Waals surface area contributed by atoms with Crippen molar-refractivity contribution in [1.29, 1.82) is 0 Å². The number of rotatable bonds is 4. The first-order valence-electron chi connectivity index (χ1n) is 6.95. The van der Waals surface area contributed by atoms with Crippen LogP contribution in [-0.4, -0.2) is 18.2 Å². The molecule has 0 bridgehead atoms. The Morgan fingerprint density at radius 2 is 2.04 bits per heavy atom. The smallest absolute Gasteiger partial charge is 0.345 e. The van der Waals surface area contributed by atoms with Gasteiger partial charge in [-0.15, -0.1) is 0 Å². The van der Waals surface area contributed by atoms with Crippen LogP contribution in [-0.2, 0) is 4.74 Å². The third-order valence-electron chi connectivity index (χ3n) is 3.26. The molecule has 0 radical (unpaired) electrons.